The molecule has 0 bridgehead atoms. The van der Waals surface area contributed by atoms with Gasteiger partial charge in [0, 0.05) is 25.1 Å². The zero-order valence-corrected chi connectivity index (χ0v) is 16.6. The average Bonchev–Trinajstić information content (AvgIpc) is 2.79. The summed E-state index contributed by atoms with van der Waals surface area (Å²) in [5.41, 5.74) is 1.46. The van der Waals surface area contributed by atoms with Gasteiger partial charge in [0.1, 0.15) is 11.5 Å². The highest BCUT2D eigenvalue weighted by atomic mass is 16.5. The van der Waals surface area contributed by atoms with Crippen LogP contribution in [0.4, 0.5) is 10.5 Å². The molecule has 8 nitrogen and oxygen atoms in total. The first-order valence-corrected chi connectivity index (χ1v) is 10.1. The maximum absolute atomic E-state index is 12.6. The van der Waals surface area contributed by atoms with Crippen LogP contribution in [-0.2, 0) is 9.53 Å². The first kappa shape index (κ1) is 20.0. The van der Waals surface area contributed by atoms with Gasteiger partial charge in [-0.1, -0.05) is 30.3 Å². The molecule has 0 saturated carbocycles. The molecule has 1 saturated heterocycles. The largest absolute Gasteiger partial charge is 0.493 e. The van der Waals surface area contributed by atoms with Crippen LogP contribution in [-0.4, -0.2) is 56.4 Å². The van der Waals surface area contributed by atoms with Gasteiger partial charge < -0.3 is 29.7 Å². The van der Waals surface area contributed by atoms with Crippen molar-refractivity contribution in [3.8, 4) is 11.5 Å². The molecule has 0 radical (unpaired) electrons. The van der Waals surface area contributed by atoms with Crippen molar-refractivity contribution in [2.45, 2.75) is 12.5 Å². The molecule has 158 valence electrons. The minimum absolute atomic E-state index is 0.0896. The van der Waals surface area contributed by atoms with Crippen LogP contribution in [0.2, 0.25) is 0 Å². The molecule has 8 heteroatoms. The minimum Gasteiger partial charge on any atom is -0.493 e. The minimum atomic E-state index is -0.341. The Balaban J connectivity index is 1.36. The number of nitrogens with zero attached hydrogens (tertiary/aromatic N) is 1. The molecular formula is C22H25N3O5. The van der Waals surface area contributed by atoms with E-state index in [1.165, 1.54) is 0 Å². The second-order valence-electron chi connectivity index (χ2n) is 7.10. The van der Waals surface area contributed by atoms with Crippen molar-refractivity contribution in [2.24, 2.45) is 0 Å². The monoisotopic (exact) mass is 411 g/mol. The molecule has 0 aliphatic carbocycles. The smallest absolute Gasteiger partial charge is 0.319 e. The van der Waals surface area contributed by atoms with Crippen molar-refractivity contribution >= 4 is 17.6 Å². The summed E-state index contributed by atoms with van der Waals surface area (Å²) in [5.74, 6) is 1.14. The number of rotatable bonds is 5. The molecule has 2 aliphatic heterocycles. The lowest BCUT2D eigenvalue weighted by molar-refractivity contribution is -0.137. The number of para-hydroxylation sites is 3. The molecule has 0 aromatic heterocycles. The molecule has 4 rings (SSSR count). The predicted molar refractivity (Wildman–Crippen MR) is 111 cm³/mol. The van der Waals surface area contributed by atoms with Gasteiger partial charge >= 0.3 is 6.03 Å². The summed E-state index contributed by atoms with van der Waals surface area (Å²) in [4.78, 5) is 26.7. The summed E-state index contributed by atoms with van der Waals surface area (Å²) in [5, 5.41) is 5.82. The second-order valence-corrected chi connectivity index (χ2v) is 7.10. The van der Waals surface area contributed by atoms with Crippen LogP contribution in [0.1, 0.15) is 18.0 Å². The van der Waals surface area contributed by atoms with E-state index in [0.717, 1.165) is 11.3 Å². The van der Waals surface area contributed by atoms with Gasteiger partial charge in [-0.3, -0.25) is 4.79 Å². The Morgan fingerprint density at radius 3 is 2.67 bits per heavy atom. The second kappa shape index (κ2) is 9.49. The Kier molecular flexibility index (Phi) is 6.34. The third-order valence-corrected chi connectivity index (χ3v) is 5.11. The van der Waals surface area contributed by atoms with Gasteiger partial charge in [0.2, 0.25) is 0 Å². The quantitative estimate of drug-likeness (QED) is 0.790. The van der Waals surface area contributed by atoms with E-state index in [2.05, 4.69) is 10.6 Å². The van der Waals surface area contributed by atoms with Crippen molar-refractivity contribution < 1.29 is 23.8 Å². The molecule has 0 spiro atoms. The van der Waals surface area contributed by atoms with E-state index in [1.54, 1.807) is 29.2 Å². The number of benzene rings is 2. The first-order chi connectivity index (χ1) is 14.7. The van der Waals surface area contributed by atoms with Crippen molar-refractivity contribution in [1.29, 1.82) is 0 Å². The average molecular weight is 411 g/mol. The van der Waals surface area contributed by atoms with E-state index in [0.29, 0.717) is 50.8 Å². The molecule has 30 heavy (non-hydrogen) atoms. The lowest BCUT2D eigenvalue weighted by Crippen LogP contribution is -2.43. The van der Waals surface area contributed by atoms with E-state index in [-0.39, 0.29) is 24.6 Å². The Morgan fingerprint density at radius 1 is 1.03 bits per heavy atom. The summed E-state index contributed by atoms with van der Waals surface area (Å²) in [6.45, 7) is 2.67. The number of carbonyl (C=O) groups excluding carboxylic acids is 2. The number of hydrogen-bond acceptors (Lipinski definition) is 5. The van der Waals surface area contributed by atoms with Crippen LogP contribution in [0.25, 0.3) is 0 Å². The zero-order valence-electron chi connectivity index (χ0n) is 16.6. The van der Waals surface area contributed by atoms with Crippen LogP contribution in [0.5, 0.6) is 11.5 Å². The van der Waals surface area contributed by atoms with Crippen LogP contribution in [0, 0.1) is 0 Å². The van der Waals surface area contributed by atoms with Gasteiger partial charge in [0.25, 0.3) is 5.91 Å². The molecule has 2 aromatic carbocycles. The van der Waals surface area contributed by atoms with E-state index < -0.39 is 0 Å². The number of morpholine rings is 1. The highest BCUT2D eigenvalue weighted by Crippen LogP contribution is 2.31. The standard InChI is InChI=1S/C22H25N3O5/c26-21(25-10-13-28-14-11-25)15-30-20-8-4-2-6-18(20)24-22(27)23-17-9-12-29-19-7-3-1-5-16(17)19/h1-8,17H,9-15H2,(H2,23,24,27)/t17-/m1/s1. The van der Waals surface area contributed by atoms with Crippen LogP contribution < -0.4 is 20.1 Å². The fourth-order valence-corrected chi connectivity index (χ4v) is 3.55. The van der Waals surface area contributed by atoms with Gasteiger partial charge in [-0.2, -0.15) is 0 Å². The summed E-state index contributed by atoms with van der Waals surface area (Å²) < 4.78 is 16.6. The normalized spacial score (nSPS) is 18.0. The number of urea groups is 1. The third kappa shape index (κ3) is 4.83. The molecule has 1 atom stereocenters. The van der Waals surface area contributed by atoms with Gasteiger partial charge in [0.15, 0.2) is 6.61 Å². The lowest BCUT2D eigenvalue weighted by Gasteiger charge is -2.27. The van der Waals surface area contributed by atoms with Gasteiger partial charge in [-0.05, 0) is 18.2 Å². The maximum Gasteiger partial charge on any atom is 0.319 e. The number of amides is 3. The van der Waals surface area contributed by atoms with Gasteiger partial charge in [-0.25, -0.2) is 4.79 Å². The van der Waals surface area contributed by atoms with Gasteiger partial charge in [-0.15, -0.1) is 0 Å². The van der Waals surface area contributed by atoms with Crippen molar-refractivity contribution in [1.82, 2.24) is 10.2 Å². The number of anilines is 1. The molecule has 3 amide bonds. The topological polar surface area (TPSA) is 89.1 Å². The molecular weight excluding hydrogens is 386 g/mol. The first-order valence-electron chi connectivity index (χ1n) is 10.1. The van der Waals surface area contributed by atoms with E-state index in [9.17, 15) is 9.59 Å². The predicted octanol–water partition coefficient (Wildman–Crippen LogP) is 2.57. The fourth-order valence-electron chi connectivity index (χ4n) is 3.55. The van der Waals surface area contributed by atoms with E-state index in [1.807, 2.05) is 24.3 Å². The van der Waals surface area contributed by atoms with Crippen molar-refractivity contribution in [2.75, 3.05) is 44.8 Å². The summed E-state index contributed by atoms with van der Waals surface area (Å²) in [6.07, 6.45) is 0.691. The van der Waals surface area contributed by atoms with Gasteiger partial charge in [0.05, 0.1) is 31.5 Å². The Labute approximate surface area is 175 Å². The lowest BCUT2D eigenvalue weighted by atomic mass is 10.0. The number of ether oxygens (including phenoxy) is 3. The Morgan fingerprint density at radius 2 is 1.80 bits per heavy atom. The number of fused-ring (bicyclic) bond motifs is 1. The summed E-state index contributed by atoms with van der Waals surface area (Å²) in [7, 11) is 0. The Hall–Kier alpha value is -3.26. The molecule has 2 heterocycles. The molecule has 0 unspecified atom stereocenters. The maximum atomic E-state index is 12.6. The van der Waals surface area contributed by atoms with Crippen LogP contribution in [0.3, 0.4) is 0 Å². The van der Waals surface area contributed by atoms with E-state index >= 15 is 0 Å². The van der Waals surface area contributed by atoms with Crippen molar-refractivity contribution in [3.05, 3.63) is 54.1 Å². The molecule has 2 aromatic rings. The summed E-state index contributed by atoms with van der Waals surface area (Å²) in [6, 6.07) is 14.3. The number of hydrogen-bond donors (Lipinski definition) is 2. The van der Waals surface area contributed by atoms with Crippen LogP contribution in [0.15, 0.2) is 48.5 Å². The third-order valence-electron chi connectivity index (χ3n) is 5.11. The van der Waals surface area contributed by atoms with Crippen LogP contribution >= 0.6 is 0 Å². The fraction of sp³-hybridized carbons (Fsp3) is 0.364. The Bertz CT molecular complexity index is 898. The zero-order chi connectivity index (χ0) is 20.8. The van der Waals surface area contributed by atoms with E-state index in [4.69, 9.17) is 14.2 Å². The van der Waals surface area contributed by atoms with Crippen molar-refractivity contribution in [3.63, 3.8) is 0 Å². The molecule has 1 fully saturated rings. The molecule has 2 N–H and O–H groups in total. The SMILES string of the molecule is O=C(Nc1ccccc1OCC(=O)N1CCOCC1)N[C@@H]1CCOc2ccccc21. The summed E-state index contributed by atoms with van der Waals surface area (Å²) >= 11 is 0. The molecule has 2 aliphatic rings. The number of carbonyl (C=O) groups is 2. The highest BCUT2D eigenvalue weighted by Gasteiger charge is 2.23. The highest BCUT2D eigenvalue weighted by molar-refractivity contribution is 5.91. The number of nitrogens with one attached hydrogen (secondary N) is 2.